The molecule has 0 radical (unpaired) electrons. The fourth-order valence-electron chi connectivity index (χ4n) is 1.82. The Balaban J connectivity index is 2.05. The Morgan fingerprint density at radius 2 is 1.93 bits per heavy atom. The molecule has 0 aromatic heterocycles. The predicted molar refractivity (Wildman–Crippen MR) is 53.9 cm³/mol. The fraction of sp³-hybridized carbons (Fsp3) is 0.818. The molecule has 1 amide bonds. The van der Waals surface area contributed by atoms with Crippen molar-refractivity contribution in [3.05, 3.63) is 0 Å². The van der Waals surface area contributed by atoms with Crippen LogP contribution < -0.4 is 5.32 Å². The van der Waals surface area contributed by atoms with E-state index in [-0.39, 0.29) is 11.4 Å². The summed E-state index contributed by atoms with van der Waals surface area (Å²) in [6, 6.07) is 2.18. The van der Waals surface area contributed by atoms with Crippen molar-refractivity contribution in [2.45, 2.75) is 38.1 Å². The maximum atomic E-state index is 12.0. The van der Waals surface area contributed by atoms with E-state index in [1.54, 1.807) is 0 Å². The minimum absolute atomic E-state index is 0.0424. The molecule has 0 spiro atoms. The molecule has 1 N–H and O–H groups in total. The van der Waals surface area contributed by atoms with Crippen molar-refractivity contribution in [2.24, 2.45) is 5.41 Å². The monoisotopic (exact) mass is 208 g/mol. The van der Waals surface area contributed by atoms with Gasteiger partial charge in [0, 0.05) is 18.8 Å². The smallest absolute Gasteiger partial charge is 0.241 e. The van der Waals surface area contributed by atoms with Crippen molar-refractivity contribution in [3.8, 4) is 6.07 Å². The van der Waals surface area contributed by atoms with Gasteiger partial charge in [-0.1, -0.05) is 0 Å². The summed E-state index contributed by atoms with van der Waals surface area (Å²) >= 11 is 0. The molecule has 1 aliphatic heterocycles. The number of hydrogen-bond donors (Lipinski definition) is 1. The molecule has 0 atom stereocenters. The van der Waals surface area contributed by atoms with Gasteiger partial charge < -0.3 is 10.1 Å². The van der Waals surface area contributed by atoms with Gasteiger partial charge in [-0.2, -0.15) is 5.26 Å². The Bertz CT molecular complexity index is 309. The zero-order chi connectivity index (χ0) is 10.9. The third kappa shape index (κ3) is 1.98. The Hall–Kier alpha value is -1.08. The number of hydrogen-bond acceptors (Lipinski definition) is 3. The summed E-state index contributed by atoms with van der Waals surface area (Å²) in [5.74, 6) is -0.103. The minimum Gasteiger partial charge on any atom is -0.381 e. The van der Waals surface area contributed by atoms with Crippen molar-refractivity contribution >= 4 is 5.91 Å². The topological polar surface area (TPSA) is 62.1 Å². The number of amides is 1. The molecule has 0 aromatic carbocycles. The minimum atomic E-state index is -0.843. The Morgan fingerprint density at radius 1 is 1.33 bits per heavy atom. The number of nitriles is 1. The van der Waals surface area contributed by atoms with Crippen molar-refractivity contribution in [3.63, 3.8) is 0 Å². The third-order valence-corrected chi connectivity index (χ3v) is 3.41. The second-order valence-electron chi connectivity index (χ2n) is 4.82. The van der Waals surface area contributed by atoms with Gasteiger partial charge in [0.25, 0.3) is 0 Å². The zero-order valence-corrected chi connectivity index (χ0v) is 9.01. The molecule has 1 heterocycles. The van der Waals surface area contributed by atoms with Gasteiger partial charge in [0.2, 0.25) is 5.91 Å². The molecule has 0 unspecified atom stereocenters. The molecule has 0 aromatic rings. The lowest BCUT2D eigenvalue weighted by Crippen LogP contribution is -2.47. The van der Waals surface area contributed by atoms with E-state index < -0.39 is 5.41 Å². The van der Waals surface area contributed by atoms with E-state index in [1.807, 2.05) is 6.92 Å². The van der Waals surface area contributed by atoms with Gasteiger partial charge in [-0.25, -0.2) is 0 Å². The van der Waals surface area contributed by atoms with Crippen molar-refractivity contribution < 1.29 is 9.53 Å². The maximum Gasteiger partial charge on any atom is 0.241 e. The van der Waals surface area contributed by atoms with Gasteiger partial charge in [0.15, 0.2) is 0 Å². The fourth-order valence-corrected chi connectivity index (χ4v) is 1.82. The van der Waals surface area contributed by atoms with Gasteiger partial charge in [-0.15, -0.1) is 0 Å². The molecule has 1 aliphatic carbocycles. The van der Waals surface area contributed by atoms with E-state index in [0.717, 1.165) is 12.8 Å². The van der Waals surface area contributed by atoms with Crippen molar-refractivity contribution in [1.82, 2.24) is 5.32 Å². The molecule has 1 saturated carbocycles. The number of carbonyl (C=O) groups excluding carboxylic acids is 1. The first-order valence-corrected chi connectivity index (χ1v) is 5.42. The molecule has 1 saturated heterocycles. The molecule has 15 heavy (non-hydrogen) atoms. The van der Waals surface area contributed by atoms with Crippen molar-refractivity contribution in [1.29, 1.82) is 5.26 Å². The number of ether oxygens (including phenoxy) is 1. The molecule has 2 fully saturated rings. The highest BCUT2D eigenvalue weighted by Gasteiger charge is 2.46. The highest BCUT2D eigenvalue weighted by molar-refractivity contribution is 5.86. The SMILES string of the molecule is CC1(NC(=O)C2(C#N)CCOCC2)CC1. The normalized spacial score (nSPS) is 26.4. The first-order valence-electron chi connectivity index (χ1n) is 5.42. The molecule has 4 heteroatoms. The molecule has 2 aliphatic rings. The quantitative estimate of drug-likeness (QED) is 0.735. The van der Waals surface area contributed by atoms with E-state index in [0.29, 0.717) is 26.1 Å². The molecule has 0 bridgehead atoms. The van der Waals surface area contributed by atoms with E-state index in [9.17, 15) is 4.79 Å². The first kappa shape index (κ1) is 10.4. The predicted octanol–water partition coefficient (Wildman–Crippen LogP) is 0.975. The summed E-state index contributed by atoms with van der Waals surface area (Å²) in [6.07, 6.45) is 3.09. The molecule has 4 nitrogen and oxygen atoms in total. The van der Waals surface area contributed by atoms with Gasteiger partial charge in [0.1, 0.15) is 5.41 Å². The maximum absolute atomic E-state index is 12.0. The summed E-state index contributed by atoms with van der Waals surface area (Å²) in [7, 11) is 0. The lowest BCUT2D eigenvalue weighted by atomic mass is 9.80. The van der Waals surface area contributed by atoms with Crippen LogP contribution >= 0.6 is 0 Å². The van der Waals surface area contributed by atoms with Gasteiger partial charge >= 0.3 is 0 Å². The Morgan fingerprint density at radius 3 is 2.40 bits per heavy atom. The van der Waals surface area contributed by atoms with Crippen LogP contribution in [-0.2, 0) is 9.53 Å². The summed E-state index contributed by atoms with van der Waals surface area (Å²) in [5, 5.41) is 12.1. The number of nitrogens with zero attached hydrogens (tertiary/aromatic N) is 1. The van der Waals surface area contributed by atoms with Crippen LogP contribution in [0, 0.1) is 16.7 Å². The van der Waals surface area contributed by atoms with Crippen molar-refractivity contribution in [2.75, 3.05) is 13.2 Å². The summed E-state index contributed by atoms with van der Waals surface area (Å²) in [6.45, 7) is 3.05. The average Bonchev–Trinajstić information content (AvgIpc) is 2.97. The number of rotatable bonds is 2. The van der Waals surface area contributed by atoms with Crippen LogP contribution in [0.25, 0.3) is 0 Å². The van der Waals surface area contributed by atoms with Crippen LogP contribution in [0.15, 0.2) is 0 Å². The number of carbonyl (C=O) groups is 1. The first-order chi connectivity index (χ1) is 7.10. The molecule has 82 valence electrons. The van der Waals surface area contributed by atoms with Crippen LogP contribution in [-0.4, -0.2) is 24.7 Å². The van der Waals surface area contributed by atoms with Crippen LogP contribution in [0.2, 0.25) is 0 Å². The highest BCUT2D eigenvalue weighted by Crippen LogP contribution is 2.37. The Labute approximate surface area is 89.6 Å². The third-order valence-electron chi connectivity index (χ3n) is 3.41. The summed E-state index contributed by atoms with van der Waals surface area (Å²) < 4.78 is 5.19. The lowest BCUT2D eigenvalue weighted by molar-refractivity contribution is -0.133. The standard InChI is InChI=1S/C11H16N2O2/c1-10(2-3-10)13-9(14)11(8-12)4-6-15-7-5-11/h2-7H2,1H3,(H,13,14). The second-order valence-corrected chi connectivity index (χ2v) is 4.82. The van der Waals surface area contributed by atoms with E-state index >= 15 is 0 Å². The Kier molecular flexibility index (Phi) is 2.43. The van der Waals surface area contributed by atoms with E-state index in [4.69, 9.17) is 10.00 Å². The summed E-state index contributed by atoms with van der Waals surface area (Å²) in [4.78, 5) is 12.0. The van der Waals surface area contributed by atoms with Crippen LogP contribution in [0.4, 0.5) is 0 Å². The van der Waals surface area contributed by atoms with Crippen LogP contribution in [0.1, 0.15) is 32.6 Å². The van der Waals surface area contributed by atoms with Crippen LogP contribution in [0.3, 0.4) is 0 Å². The number of nitrogens with one attached hydrogen (secondary N) is 1. The van der Waals surface area contributed by atoms with E-state index in [2.05, 4.69) is 11.4 Å². The largest absolute Gasteiger partial charge is 0.381 e. The second kappa shape index (κ2) is 3.49. The van der Waals surface area contributed by atoms with Crippen LogP contribution in [0.5, 0.6) is 0 Å². The molecular weight excluding hydrogens is 192 g/mol. The van der Waals surface area contributed by atoms with E-state index in [1.165, 1.54) is 0 Å². The zero-order valence-electron chi connectivity index (χ0n) is 9.01. The highest BCUT2D eigenvalue weighted by atomic mass is 16.5. The van der Waals surface area contributed by atoms with Gasteiger partial charge in [0.05, 0.1) is 6.07 Å². The van der Waals surface area contributed by atoms with Gasteiger partial charge in [-0.05, 0) is 32.6 Å². The van der Waals surface area contributed by atoms with Gasteiger partial charge in [-0.3, -0.25) is 4.79 Å². The average molecular weight is 208 g/mol. The lowest BCUT2D eigenvalue weighted by Gasteiger charge is -2.30. The molecular formula is C11H16N2O2. The summed E-state index contributed by atoms with van der Waals surface area (Å²) in [5.41, 5.74) is -0.886. The molecule has 2 rings (SSSR count).